The highest BCUT2D eigenvalue weighted by molar-refractivity contribution is 6.04. The minimum absolute atomic E-state index is 0.135. The molecule has 2 N–H and O–H groups in total. The molecular weight excluding hydrogens is 435 g/mol. The van der Waals surface area contributed by atoms with E-state index in [2.05, 4.69) is 10.6 Å². The molecule has 1 atom stereocenters. The molecule has 0 saturated carbocycles. The Morgan fingerprint density at radius 3 is 2.42 bits per heavy atom. The molecule has 2 aromatic carbocycles. The molecule has 4 rings (SSSR count). The smallest absolute Gasteiger partial charge is 0.255 e. The SMILES string of the molecule is O=C1CCC(c2ccc(NC(=O)c3ccc(CN4CCC(F)(F)CC4)c(F)c3)cc2)C(=O)N1. The van der Waals surface area contributed by atoms with Crippen LogP contribution in [0.3, 0.4) is 0 Å². The zero-order chi connectivity index (χ0) is 23.6. The van der Waals surface area contributed by atoms with Gasteiger partial charge in [0.15, 0.2) is 0 Å². The highest BCUT2D eigenvalue weighted by Crippen LogP contribution is 2.29. The molecule has 2 aromatic rings. The van der Waals surface area contributed by atoms with Gasteiger partial charge in [-0.2, -0.15) is 0 Å². The maximum absolute atomic E-state index is 14.6. The van der Waals surface area contributed by atoms with Gasteiger partial charge in [-0.15, -0.1) is 0 Å². The maximum atomic E-state index is 14.6. The lowest BCUT2D eigenvalue weighted by Gasteiger charge is -2.31. The number of hydrogen-bond acceptors (Lipinski definition) is 4. The first-order valence-corrected chi connectivity index (χ1v) is 10.8. The molecule has 33 heavy (non-hydrogen) atoms. The molecule has 1 unspecified atom stereocenters. The van der Waals surface area contributed by atoms with Gasteiger partial charge in [0, 0.05) is 55.7 Å². The molecule has 0 spiro atoms. The number of nitrogens with one attached hydrogen (secondary N) is 2. The van der Waals surface area contributed by atoms with E-state index in [1.807, 2.05) is 0 Å². The Morgan fingerprint density at radius 1 is 1.09 bits per heavy atom. The summed E-state index contributed by atoms with van der Waals surface area (Å²) in [5.41, 5.74) is 1.71. The van der Waals surface area contributed by atoms with Gasteiger partial charge >= 0.3 is 0 Å². The van der Waals surface area contributed by atoms with Crippen LogP contribution in [0.15, 0.2) is 42.5 Å². The van der Waals surface area contributed by atoms with E-state index in [9.17, 15) is 27.6 Å². The van der Waals surface area contributed by atoms with Crippen molar-refractivity contribution in [2.24, 2.45) is 0 Å². The van der Waals surface area contributed by atoms with E-state index in [4.69, 9.17) is 0 Å². The molecule has 6 nitrogen and oxygen atoms in total. The summed E-state index contributed by atoms with van der Waals surface area (Å²) in [7, 11) is 0. The van der Waals surface area contributed by atoms with Crippen LogP contribution >= 0.6 is 0 Å². The zero-order valence-electron chi connectivity index (χ0n) is 17.9. The third kappa shape index (κ3) is 5.60. The largest absolute Gasteiger partial charge is 0.322 e. The lowest BCUT2D eigenvalue weighted by Crippen LogP contribution is -2.39. The van der Waals surface area contributed by atoms with Crippen molar-refractivity contribution in [2.45, 2.75) is 44.1 Å². The van der Waals surface area contributed by atoms with Crippen molar-refractivity contribution in [1.82, 2.24) is 10.2 Å². The Kier molecular flexibility index (Phi) is 6.51. The molecular formula is C24H24F3N3O3. The number of anilines is 1. The Labute approximate surface area is 189 Å². The van der Waals surface area contributed by atoms with Gasteiger partial charge in [0.1, 0.15) is 5.82 Å². The van der Waals surface area contributed by atoms with Gasteiger partial charge in [-0.25, -0.2) is 13.2 Å². The predicted octanol–water partition coefficient (Wildman–Crippen LogP) is 3.83. The fraction of sp³-hybridized carbons (Fsp3) is 0.375. The number of halogens is 3. The molecule has 2 aliphatic rings. The van der Waals surface area contributed by atoms with Crippen LogP contribution in [0, 0.1) is 5.82 Å². The van der Waals surface area contributed by atoms with Crippen LogP contribution in [0.5, 0.6) is 0 Å². The predicted molar refractivity (Wildman–Crippen MR) is 115 cm³/mol. The van der Waals surface area contributed by atoms with Crippen molar-refractivity contribution in [2.75, 3.05) is 18.4 Å². The van der Waals surface area contributed by atoms with E-state index >= 15 is 0 Å². The minimum Gasteiger partial charge on any atom is -0.322 e. The van der Waals surface area contributed by atoms with Gasteiger partial charge in [-0.1, -0.05) is 18.2 Å². The number of carbonyl (C=O) groups is 3. The van der Waals surface area contributed by atoms with Gasteiger partial charge in [0.25, 0.3) is 11.8 Å². The van der Waals surface area contributed by atoms with Gasteiger partial charge in [-0.05, 0) is 36.2 Å². The number of amides is 3. The third-order valence-electron chi connectivity index (χ3n) is 6.11. The van der Waals surface area contributed by atoms with E-state index in [-0.39, 0.29) is 56.3 Å². The number of alkyl halides is 2. The van der Waals surface area contributed by atoms with Crippen LogP contribution in [-0.4, -0.2) is 41.6 Å². The van der Waals surface area contributed by atoms with E-state index in [1.54, 1.807) is 29.2 Å². The Balaban J connectivity index is 1.36. The molecule has 0 radical (unpaired) electrons. The van der Waals surface area contributed by atoms with E-state index in [0.717, 1.165) is 11.6 Å². The highest BCUT2D eigenvalue weighted by atomic mass is 19.3. The monoisotopic (exact) mass is 459 g/mol. The Hall–Kier alpha value is -3.20. The topological polar surface area (TPSA) is 78.5 Å². The number of nitrogens with zero attached hydrogens (tertiary/aromatic N) is 1. The van der Waals surface area contributed by atoms with Crippen LogP contribution in [0.4, 0.5) is 18.9 Å². The van der Waals surface area contributed by atoms with Crippen LogP contribution in [-0.2, 0) is 16.1 Å². The normalized spacial score (nSPS) is 20.9. The van der Waals surface area contributed by atoms with Crippen LogP contribution in [0.25, 0.3) is 0 Å². The number of benzene rings is 2. The van der Waals surface area contributed by atoms with E-state index in [1.165, 1.54) is 12.1 Å². The van der Waals surface area contributed by atoms with Crippen molar-refractivity contribution in [3.05, 3.63) is 65.0 Å². The van der Waals surface area contributed by atoms with Crippen molar-refractivity contribution < 1.29 is 27.6 Å². The second kappa shape index (κ2) is 9.35. The second-order valence-corrected chi connectivity index (χ2v) is 8.52. The molecule has 9 heteroatoms. The van der Waals surface area contributed by atoms with E-state index in [0.29, 0.717) is 17.7 Å². The van der Waals surface area contributed by atoms with Crippen molar-refractivity contribution >= 4 is 23.4 Å². The van der Waals surface area contributed by atoms with E-state index < -0.39 is 23.6 Å². The fourth-order valence-electron chi connectivity index (χ4n) is 4.11. The first-order valence-electron chi connectivity index (χ1n) is 10.8. The summed E-state index contributed by atoms with van der Waals surface area (Å²) in [5.74, 6) is -4.75. The maximum Gasteiger partial charge on any atom is 0.255 e. The van der Waals surface area contributed by atoms with Crippen molar-refractivity contribution in [1.29, 1.82) is 0 Å². The van der Waals surface area contributed by atoms with Crippen molar-refractivity contribution in [3.8, 4) is 0 Å². The summed E-state index contributed by atoms with van der Waals surface area (Å²) in [6.07, 6.45) is 0.234. The molecule has 2 saturated heterocycles. The molecule has 0 aliphatic carbocycles. The van der Waals surface area contributed by atoms with Gasteiger partial charge in [0.2, 0.25) is 11.8 Å². The minimum atomic E-state index is -2.66. The third-order valence-corrected chi connectivity index (χ3v) is 6.11. The summed E-state index contributed by atoms with van der Waals surface area (Å²) in [4.78, 5) is 37.6. The summed E-state index contributed by atoms with van der Waals surface area (Å²) >= 11 is 0. The highest BCUT2D eigenvalue weighted by Gasteiger charge is 2.34. The van der Waals surface area contributed by atoms with Crippen LogP contribution < -0.4 is 10.6 Å². The molecule has 0 aromatic heterocycles. The Bertz CT molecular complexity index is 1060. The summed E-state index contributed by atoms with van der Waals surface area (Å²) in [6.45, 7) is 0.610. The number of rotatable bonds is 5. The average molecular weight is 459 g/mol. The standard InChI is InChI=1S/C24H24F3N3O3/c25-20-13-16(1-2-17(20)14-30-11-9-24(26,27)10-12-30)22(32)28-18-5-3-15(4-6-18)19-7-8-21(31)29-23(19)33/h1-6,13,19H,7-12,14H2,(H,28,32)(H,29,31,33). The molecule has 2 aliphatic heterocycles. The summed E-state index contributed by atoms with van der Waals surface area (Å²) < 4.78 is 41.1. The Morgan fingerprint density at radius 2 is 1.79 bits per heavy atom. The fourth-order valence-corrected chi connectivity index (χ4v) is 4.11. The number of likely N-dealkylation sites (tertiary alicyclic amines) is 1. The molecule has 2 heterocycles. The number of hydrogen-bond donors (Lipinski definition) is 2. The molecule has 0 bridgehead atoms. The first-order chi connectivity index (χ1) is 15.7. The summed E-state index contributed by atoms with van der Waals surface area (Å²) in [5, 5.41) is 5.01. The zero-order valence-corrected chi connectivity index (χ0v) is 17.9. The van der Waals surface area contributed by atoms with Gasteiger partial charge in [0.05, 0.1) is 5.92 Å². The molecule has 2 fully saturated rings. The van der Waals surface area contributed by atoms with Crippen LogP contribution in [0.1, 0.15) is 53.1 Å². The number of carbonyl (C=O) groups excluding carboxylic acids is 3. The summed E-state index contributed by atoms with van der Waals surface area (Å²) in [6, 6.07) is 10.9. The van der Waals surface area contributed by atoms with Crippen molar-refractivity contribution in [3.63, 3.8) is 0 Å². The number of imide groups is 1. The lowest BCUT2D eigenvalue weighted by molar-refractivity contribution is -0.134. The molecule has 174 valence electrons. The van der Waals surface area contributed by atoms with Crippen LogP contribution in [0.2, 0.25) is 0 Å². The average Bonchev–Trinajstić information content (AvgIpc) is 2.77. The van der Waals surface area contributed by atoms with Gasteiger partial charge < -0.3 is 5.32 Å². The lowest BCUT2D eigenvalue weighted by atomic mass is 9.90. The molecule has 3 amide bonds. The quantitative estimate of drug-likeness (QED) is 0.667. The van der Waals surface area contributed by atoms with Gasteiger partial charge in [-0.3, -0.25) is 24.6 Å². The first kappa shape index (κ1) is 23.0. The number of piperidine rings is 2. The second-order valence-electron chi connectivity index (χ2n) is 8.52.